The van der Waals surface area contributed by atoms with E-state index < -0.39 is 0 Å². The van der Waals surface area contributed by atoms with Gasteiger partial charge in [-0.1, -0.05) is 20.3 Å². The Balaban J connectivity index is 4.23. The largest absolute Gasteiger partial charge is 0.380 e. The minimum Gasteiger partial charge on any atom is -0.380 e. The smallest absolute Gasteiger partial charge is 0.0593 e. The first kappa shape index (κ1) is 17.9. The van der Waals surface area contributed by atoms with Crippen molar-refractivity contribution < 1.29 is 4.74 Å². The van der Waals surface area contributed by atoms with Gasteiger partial charge in [0.2, 0.25) is 0 Å². The van der Waals surface area contributed by atoms with Crippen LogP contribution in [0.4, 0.5) is 0 Å². The van der Waals surface area contributed by atoms with Crippen LogP contribution in [0.15, 0.2) is 0 Å². The average molecular weight is 258 g/mol. The monoisotopic (exact) mass is 258 g/mol. The molecule has 0 saturated carbocycles. The highest BCUT2D eigenvalue weighted by Crippen LogP contribution is 2.08. The summed E-state index contributed by atoms with van der Waals surface area (Å²) in [4.78, 5) is 2.54. The third kappa shape index (κ3) is 8.90. The molecule has 1 unspecified atom stereocenters. The lowest BCUT2D eigenvalue weighted by atomic mass is 10.1. The van der Waals surface area contributed by atoms with Gasteiger partial charge in [-0.3, -0.25) is 4.90 Å². The van der Waals surface area contributed by atoms with Gasteiger partial charge in [0.15, 0.2) is 0 Å². The van der Waals surface area contributed by atoms with E-state index in [0.717, 1.165) is 32.8 Å². The van der Waals surface area contributed by atoms with E-state index >= 15 is 0 Å². The lowest BCUT2D eigenvalue weighted by Gasteiger charge is -2.33. The van der Waals surface area contributed by atoms with Gasteiger partial charge in [-0.2, -0.15) is 0 Å². The molecule has 0 aromatic rings. The number of hydrogen-bond acceptors (Lipinski definition) is 3. The molecule has 0 aromatic carbocycles. The molecule has 1 N–H and O–H groups in total. The maximum absolute atomic E-state index is 5.48. The molecule has 0 saturated heterocycles. The van der Waals surface area contributed by atoms with Crippen molar-refractivity contribution >= 4 is 0 Å². The van der Waals surface area contributed by atoms with Gasteiger partial charge in [-0.15, -0.1) is 0 Å². The highest BCUT2D eigenvalue weighted by molar-refractivity contribution is 4.78. The van der Waals surface area contributed by atoms with Crippen molar-refractivity contribution in [1.82, 2.24) is 10.2 Å². The molecule has 3 nitrogen and oxygen atoms in total. The van der Waals surface area contributed by atoms with E-state index in [1.54, 1.807) is 0 Å². The quantitative estimate of drug-likeness (QED) is 0.610. The van der Waals surface area contributed by atoms with Gasteiger partial charge in [0.05, 0.1) is 6.61 Å². The molecule has 0 amide bonds. The van der Waals surface area contributed by atoms with Crippen molar-refractivity contribution in [2.45, 2.75) is 66.0 Å². The molecule has 0 rings (SSSR count). The molecular formula is C15H34N2O. The summed E-state index contributed by atoms with van der Waals surface area (Å²) in [6, 6.07) is 0.625. The second-order valence-corrected chi connectivity index (χ2v) is 5.90. The van der Waals surface area contributed by atoms with Gasteiger partial charge >= 0.3 is 0 Å². The topological polar surface area (TPSA) is 24.5 Å². The van der Waals surface area contributed by atoms with Gasteiger partial charge in [0, 0.05) is 31.3 Å². The first-order valence-electron chi connectivity index (χ1n) is 7.51. The molecule has 1 atom stereocenters. The maximum atomic E-state index is 5.48. The minimum absolute atomic E-state index is 0.200. The Morgan fingerprint density at radius 2 is 1.83 bits per heavy atom. The molecule has 0 radical (unpaired) electrons. The van der Waals surface area contributed by atoms with Gasteiger partial charge < -0.3 is 10.1 Å². The molecule has 0 aliphatic rings. The van der Waals surface area contributed by atoms with E-state index in [9.17, 15) is 0 Å². The zero-order chi connectivity index (χ0) is 14.0. The number of ether oxygens (including phenoxy) is 1. The Kier molecular flexibility index (Phi) is 9.70. The summed E-state index contributed by atoms with van der Waals surface area (Å²) in [5.74, 6) is 0. The Bertz CT molecular complexity index is 189. The molecule has 0 spiro atoms. The number of nitrogens with zero attached hydrogens (tertiary/aromatic N) is 1. The van der Waals surface area contributed by atoms with E-state index in [-0.39, 0.29) is 5.54 Å². The molecule has 3 heteroatoms. The van der Waals surface area contributed by atoms with Crippen LogP contribution in [0.3, 0.4) is 0 Å². The van der Waals surface area contributed by atoms with E-state index in [1.807, 2.05) is 0 Å². The summed E-state index contributed by atoms with van der Waals surface area (Å²) >= 11 is 0. The fourth-order valence-corrected chi connectivity index (χ4v) is 2.10. The fourth-order valence-electron chi connectivity index (χ4n) is 2.10. The Morgan fingerprint density at radius 3 is 2.28 bits per heavy atom. The highest BCUT2D eigenvalue weighted by atomic mass is 16.5. The van der Waals surface area contributed by atoms with Gasteiger partial charge in [-0.25, -0.2) is 0 Å². The maximum Gasteiger partial charge on any atom is 0.0593 e. The predicted octanol–water partition coefficient (Wildman–Crippen LogP) is 2.90. The van der Waals surface area contributed by atoms with Crippen LogP contribution in [0.1, 0.15) is 54.4 Å². The first-order chi connectivity index (χ1) is 8.44. The number of likely N-dealkylation sites (N-methyl/N-ethyl adjacent to an activating group) is 1. The van der Waals surface area contributed by atoms with Crippen LogP contribution in [0, 0.1) is 0 Å². The summed E-state index contributed by atoms with van der Waals surface area (Å²) < 4.78 is 5.48. The normalized spacial score (nSPS) is 14.2. The lowest BCUT2D eigenvalue weighted by Crippen LogP contribution is -2.48. The zero-order valence-electron chi connectivity index (χ0n) is 13.4. The van der Waals surface area contributed by atoms with Gasteiger partial charge in [-0.05, 0) is 40.7 Å². The number of hydrogen-bond donors (Lipinski definition) is 1. The van der Waals surface area contributed by atoms with Crippen molar-refractivity contribution in [2.75, 3.05) is 32.8 Å². The standard InChI is InChI=1S/C15H34N2O/c1-7-10-14(13-16-15(4,5)6)17(8-2)11-12-18-9-3/h14,16H,7-13H2,1-6H3. The Morgan fingerprint density at radius 1 is 1.17 bits per heavy atom. The Labute approximate surface area is 114 Å². The fraction of sp³-hybridized carbons (Fsp3) is 1.00. The van der Waals surface area contributed by atoms with Crippen molar-refractivity contribution in [3.63, 3.8) is 0 Å². The molecule has 0 bridgehead atoms. The molecule has 0 aromatic heterocycles. The molecule has 0 fully saturated rings. The molecule has 0 heterocycles. The summed E-state index contributed by atoms with van der Waals surface area (Å²) in [5.41, 5.74) is 0.200. The van der Waals surface area contributed by atoms with Crippen molar-refractivity contribution in [3.8, 4) is 0 Å². The second kappa shape index (κ2) is 9.76. The minimum atomic E-state index is 0.200. The van der Waals surface area contributed by atoms with Crippen LogP contribution in [-0.4, -0.2) is 49.3 Å². The SMILES string of the molecule is CCCC(CNC(C)(C)C)N(CC)CCOCC. The number of nitrogens with one attached hydrogen (secondary N) is 1. The highest BCUT2D eigenvalue weighted by Gasteiger charge is 2.18. The van der Waals surface area contributed by atoms with E-state index in [1.165, 1.54) is 12.8 Å². The van der Waals surface area contributed by atoms with E-state index in [4.69, 9.17) is 4.74 Å². The summed E-state index contributed by atoms with van der Waals surface area (Å²) in [6.45, 7) is 18.1. The van der Waals surface area contributed by atoms with Crippen LogP contribution in [0.5, 0.6) is 0 Å². The van der Waals surface area contributed by atoms with Crippen molar-refractivity contribution in [2.24, 2.45) is 0 Å². The summed E-state index contributed by atoms with van der Waals surface area (Å²) in [7, 11) is 0. The molecule has 0 aliphatic carbocycles. The summed E-state index contributed by atoms with van der Waals surface area (Å²) in [5, 5.41) is 3.63. The van der Waals surface area contributed by atoms with Crippen molar-refractivity contribution in [1.29, 1.82) is 0 Å². The zero-order valence-corrected chi connectivity index (χ0v) is 13.4. The van der Waals surface area contributed by atoms with Crippen LogP contribution >= 0.6 is 0 Å². The Hall–Kier alpha value is -0.120. The number of rotatable bonds is 10. The second-order valence-electron chi connectivity index (χ2n) is 5.90. The van der Waals surface area contributed by atoms with Crippen LogP contribution in [-0.2, 0) is 4.74 Å². The van der Waals surface area contributed by atoms with Crippen LogP contribution < -0.4 is 5.32 Å². The first-order valence-corrected chi connectivity index (χ1v) is 7.51. The third-order valence-electron chi connectivity index (χ3n) is 3.14. The van der Waals surface area contributed by atoms with E-state index in [2.05, 4.69) is 51.8 Å². The third-order valence-corrected chi connectivity index (χ3v) is 3.14. The summed E-state index contributed by atoms with van der Waals surface area (Å²) in [6.07, 6.45) is 2.49. The van der Waals surface area contributed by atoms with Crippen LogP contribution in [0.25, 0.3) is 0 Å². The molecule has 0 aliphatic heterocycles. The molecule has 110 valence electrons. The van der Waals surface area contributed by atoms with E-state index in [0.29, 0.717) is 6.04 Å². The van der Waals surface area contributed by atoms with Gasteiger partial charge in [0.1, 0.15) is 0 Å². The van der Waals surface area contributed by atoms with Gasteiger partial charge in [0.25, 0.3) is 0 Å². The average Bonchev–Trinajstić information content (AvgIpc) is 2.30. The molecule has 18 heavy (non-hydrogen) atoms. The van der Waals surface area contributed by atoms with Crippen molar-refractivity contribution in [3.05, 3.63) is 0 Å². The lowest BCUT2D eigenvalue weighted by molar-refractivity contribution is 0.0916. The van der Waals surface area contributed by atoms with Crippen LogP contribution in [0.2, 0.25) is 0 Å². The molecular weight excluding hydrogens is 224 g/mol. The predicted molar refractivity (Wildman–Crippen MR) is 80.2 cm³/mol.